The number of halogens is 1. The number of rotatable bonds is 3. The second-order valence-corrected chi connectivity index (χ2v) is 4.63. The van der Waals surface area contributed by atoms with Crippen LogP contribution in [0, 0.1) is 15.9 Å². The van der Waals surface area contributed by atoms with Gasteiger partial charge in [0.05, 0.1) is 22.6 Å². The molecule has 0 aliphatic carbocycles. The lowest BCUT2D eigenvalue weighted by Crippen LogP contribution is -2.44. The Morgan fingerprint density at radius 1 is 1.55 bits per heavy atom. The minimum absolute atomic E-state index is 0.347. The Hall–Kier alpha value is -2.06. The van der Waals surface area contributed by atoms with Crippen LogP contribution in [0.5, 0.6) is 0 Å². The number of aliphatic hydroxyl groups excluding tert-OH is 1. The van der Waals surface area contributed by atoms with E-state index in [1.54, 1.807) is 0 Å². The molecule has 2 rings (SSSR count). The summed E-state index contributed by atoms with van der Waals surface area (Å²) in [7, 11) is 1.43. The van der Waals surface area contributed by atoms with Gasteiger partial charge in [-0.1, -0.05) is 0 Å². The third kappa shape index (κ3) is 2.61. The highest BCUT2D eigenvalue weighted by atomic mass is 19.1. The molecule has 7 nitrogen and oxygen atoms in total. The highest BCUT2D eigenvalue weighted by Crippen LogP contribution is 2.20. The highest BCUT2D eigenvalue weighted by molar-refractivity contribution is 5.95. The van der Waals surface area contributed by atoms with Crippen molar-refractivity contribution in [3.05, 3.63) is 39.7 Å². The molecule has 1 aromatic carbocycles. The molecule has 0 aromatic heterocycles. The van der Waals surface area contributed by atoms with Crippen LogP contribution in [0.4, 0.5) is 10.1 Å². The van der Waals surface area contributed by atoms with E-state index in [9.17, 15) is 24.4 Å². The number of nitro groups is 1. The van der Waals surface area contributed by atoms with Gasteiger partial charge in [0, 0.05) is 32.3 Å². The second kappa shape index (κ2) is 5.51. The zero-order valence-corrected chi connectivity index (χ0v) is 10.7. The summed E-state index contributed by atoms with van der Waals surface area (Å²) in [5.41, 5.74) is -0.728. The van der Waals surface area contributed by atoms with Crippen LogP contribution < -0.4 is 5.32 Å². The molecule has 1 saturated heterocycles. The van der Waals surface area contributed by atoms with Gasteiger partial charge in [0.1, 0.15) is 5.82 Å². The van der Waals surface area contributed by atoms with Crippen LogP contribution in [0.25, 0.3) is 0 Å². The highest BCUT2D eigenvalue weighted by Gasteiger charge is 2.32. The lowest BCUT2D eigenvalue weighted by Gasteiger charge is -2.26. The normalized spacial score (nSPS) is 21.8. The van der Waals surface area contributed by atoms with Gasteiger partial charge in [-0.25, -0.2) is 4.39 Å². The SMILES string of the molecule is CN(C(=O)c1cc([N+](=O)[O-])ccc1F)[C@@H]1CNC[C@H]1O. The number of aliphatic hydroxyl groups is 1. The number of carbonyl (C=O) groups is 1. The Bertz CT molecular complexity index is 552. The van der Waals surface area contributed by atoms with Crippen molar-refractivity contribution in [2.45, 2.75) is 12.1 Å². The van der Waals surface area contributed by atoms with Crippen LogP contribution in [0.3, 0.4) is 0 Å². The quantitative estimate of drug-likeness (QED) is 0.607. The third-order valence-electron chi connectivity index (χ3n) is 3.36. The fraction of sp³-hybridized carbons (Fsp3) is 0.417. The van der Waals surface area contributed by atoms with Crippen LogP contribution >= 0.6 is 0 Å². The van der Waals surface area contributed by atoms with Crippen LogP contribution in [-0.2, 0) is 0 Å². The summed E-state index contributed by atoms with van der Waals surface area (Å²) < 4.78 is 13.7. The second-order valence-electron chi connectivity index (χ2n) is 4.63. The van der Waals surface area contributed by atoms with Gasteiger partial charge >= 0.3 is 0 Å². The van der Waals surface area contributed by atoms with E-state index < -0.39 is 28.8 Å². The molecule has 1 heterocycles. The number of non-ortho nitro benzene ring substituents is 1. The standard InChI is InChI=1S/C12H14FN3O4/c1-15(10-5-14-6-11(10)17)12(18)8-4-7(16(19)20)2-3-9(8)13/h2-4,10-11,14,17H,5-6H2,1H3/t10-,11-/m1/s1. The molecule has 1 aromatic rings. The molecule has 0 spiro atoms. The fourth-order valence-corrected chi connectivity index (χ4v) is 2.18. The Kier molecular flexibility index (Phi) is 3.96. The van der Waals surface area contributed by atoms with Crippen LogP contribution in [-0.4, -0.2) is 53.1 Å². The average Bonchev–Trinajstić information content (AvgIpc) is 2.83. The van der Waals surface area contributed by atoms with Crippen molar-refractivity contribution in [1.29, 1.82) is 0 Å². The first-order valence-corrected chi connectivity index (χ1v) is 6.01. The van der Waals surface area contributed by atoms with E-state index in [-0.39, 0.29) is 11.3 Å². The van der Waals surface area contributed by atoms with E-state index in [0.29, 0.717) is 13.1 Å². The summed E-state index contributed by atoms with van der Waals surface area (Å²) >= 11 is 0. The van der Waals surface area contributed by atoms with Gasteiger partial charge in [-0.3, -0.25) is 14.9 Å². The van der Waals surface area contributed by atoms with Crippen molar-refractivity contribution in [1.82, 2.24) is 10.2 Å². The molecule has 1 fully saturated rings. The Morgan fingerprint density at radius 3 is 2.80 bits per heavy atom. The lowest BCUT2D eigenvalue weighted by atomic mass is 10.1. The number of β-amino-alcohol motifs (C(OH)–C–C–N with tert-alkyl or cyclic N) is 1. The summed E-state index contributed by atoms with van der Waals surface area (Å²) in [5.74, 6) is -1.52. The molecule has 20 heavy (non-hydrogen) atoms. The van der Waals surface area contributed by atoms with Crippen molar-refractivity contribution in [3.8, 4) is 0 Å². The Labute approximate surface area is 114 Å². The van der Waals surface area contributed by atoms with Crippen LogP contribution in [0.15, 0.2) is 18.2 Å². The zero-order valence-electron chi connectivity index (χ0n) is 10.7. The molecule has 1 aliphatic heterocycles. The molecule has 0 radical (unpaired) electrons. The van der Waals surface area contributed by atoms with Crippen molar-refractivity contribution in [3.63, 3.8) is 0 Å². The van der Waals surface area contributed by atoms with Gasteiger partial charge in [0.15, 0.2) is 0 Å². The Balaban J connectivity index is 2.28. The molecule has 1 amide bonds. The maximum atomic E-state index is 13.7. The molecule has 108 valence electrons. The molecule has 0 unspecified atom stereocenters. The predicted molar refractivity (Wildman–Crippen MR) is 67.8 cm³/mol. The average molecular weight is 283 g/mol. The number of amides is 1. The molecular weight excluding hydrogens is 269 g/mol. The number of carbonyl (C=O) groups excluding carboxylic acids is 1. The maximum absolute atomic E-state index is 13.7. The summed E-state index contributed by atoms with van der Waals surface area (Å²) in [4.78, 5) is 23.4. The number of nitrogens with zero attached hydrogens (tertiary/aromatic N) is 2. The zero-order chi connectivity index (χ0) is 14.9. The van der Waals surface area contributed by atoms with Crippen molar-refractivity contribution < 1.29 is 19.2 Å². The first-order valence-electron chi connectivity index (χ1n) is 6.01. The first kappa shape index (κ1) is 14.4. The number of hydrogen-bond acceptors (Lipinski definition) is 5. The maximum Gasteiger partial charge on any atom is 0.270 e. The van der Waals surface area contributed by atoms with Crippen molar-refractivity contribution in [2.75, 3.05) is 20.1 Å². The van der Waals surface area contributed by atoms with E-state index in [2.05, 4.69) is 5.32 Å². The predicted octanol–water partition coefficient (Wildman–Crippen LogP) is 0.139. The van der Waals surface area contributed by atoms with Crippen molar-refractivity contribution in [2.24, 2.45) is 0 Å². The van der Waals surface area contributed by atoms with Gasteiger partial charge in [-0.2, -0.15) is 0 Å². The molecule has 0 saturated carbocycles. The number of benzene rings is 1. The van der Waals surface area contributed by atoms with E-state index in [1.807, 2.05) is 0 Å². The first-order chi connectivity index (χ1) is 9.41. The minimum atomic E-state index is -0.826. The smallest absolute Gasteiger partial charge is 0.270 e. The van der Waals surface area contributed by atoms with Gasteiger partial charge in [0.25, 0.3) is 11.6 Å². The minimum Gasteiger partial charge on any atom is -0.390 e. The summed E-state index contributed by atoms with van der Waals surface area (Å²) in [5, 5.41) is 23.3. The fourth-order valence-electron chi connectivity index (χ4n) is 2.18. The van der Waals surface area contributed by atoms with E-state index in [1.165, 1.54) is 11.9 Å². The molecule has 1 aliphatic rings. The van der Waals surface area contributed by atoms with Crippen molar-refractivity contribution >= 4 is 11.6 Å². The monoisotopic (exact) mass is 283 g/mol. The topological polar surface area (TPSA) is 95.7 Å². The lowest BCUT2D eigenvalue weighted by molar-refractivity contribution is -0.384. The summed E-state index contributed by atoms with van der Waals surface area (Å²) in [6.07, 6.45) is -0.745. The summed E-state index contributed by atoms with van der Waals surface area (Å²) in [6.45, 7) is 0.736. The van der Waals surface area contributed by atoms with Gasteiger partial charge in [-0.05, 0) is 6.07 Å². The summed E-state index contributed by atoms with van der Waals surface area (Å²) in [6, 6.07) is 2.31. The number of nitro benzene ring substituents is 1. The molecule has 2 N–H and O–H groups in total. The molecular formula is C12H14FN3O4. The number of hydrogen-bond donors (Lipinski definition) is 2. The van der Waals surface area contributed by atoms with E-state index in [4.69, 9.17) is 0 Å². The van der Waals surface area contributed by atoms with Crippen LogP contribution in [0.1, 0.15) is 10.4 Å². The number of nitrogens with one attached hydrogen (secondary N) is 1. The van der Waals surface area contributed by atoms with Gasteiger partial charge in [0.2, 0.25) is 0 Å². The third-order valence-corrected chi connectivity index (χ3v) is 3.36. The van der Waals surface area contributed by atoms with E-state index in [0.717, 1.165) is 18.2 Å². The van der Waals surface area contributed by atoms with E-state index >= 15 is 0 Å². The molecule has 0 bridgehead atoms. The van der Waals surface area contributed by atoms with Gasteiger partial charge in [-0.15, -0.1) is 0 Å². The molecule has 8 heteroatoms. The Morgan fingerprint density at radius 2 is 2.25 bits per heavy atom. The molecule has 2 atom stereocenters. The number of likely N-dealkylation sites (N-methyl/N-ethyl adjacent to an activating group) is 1. The van der Waals surface area contributed by atoms with Crippen LogP contribution in [0.2, 0.25) is 0 Å². The van der Waals surface area contributed by atoms with Gasteiger partial charge < -0.3 is 15.3 Å². The largest absolute Gasteiger partial charge is 0.390 e.